The third-order valence-corrected chi connectivity index (χ3v) is 10.2. The van der Waals surface area contributed by atoms with E-state index in [1.165, 1.54) is 57.9 Å². The van der Waals surface area contributed by atoms with E-state index in [0.717, 1.165) is 18.6 Å². The normalized spacial score (nSPS) is 14.2. The van der Waals surface area contributed by atoms with Gasteiger partial charge in [-0.3, -0.25) is 4.99 Å². The monoisotopic (exact) mass is 571 g/mol. The van der Waals surface area contributed by atoms with Gasteiger partial charge in [-0.05, 0) is 58.7 Å². The van der Waals surface area contributed by atoms with Crippen LogP contribution in [0, 0.1) is 6.92 Å². The minimum atomic E-state index is -0.0576. The number of unbranched alkanes of at least 4 members (excludes halogenated alkanes) is 2. The molecule has 3 rings (SSSR count). The van der Waals surface area contributed by atoms with Crippen molar-refractivity contribution in [3.05, 3.63) is 94.0 Å². The summed E-state index contributed by atoms with van der Waals surface area (Å²) >= 11 is 0. The van der Waals surface area contributed by atoms with E-state index in [9.17, 15) is 0 Å². The lowest BCUT2D eigenvalue weighted by molar-refractivity contribution is 0.288. The molecule has 2 atom stereocenters. The molecule has 0 aromatic heterocycles. The lowest BCUT2D eigenvalue weighted by Gasteiger charge is -2.39. The zero-order valence-corrected chi connectivity index (χ0v) is 28.4. The number of benzene rings is 3. The van der Waals surface area contributed by atoms with Gasteiger partial charge in [0, 0.05) is 29.5 Å². The predicted molar refractivity (Wildman–Crippen MR) is 183 cm³/mol. The van der Waals surface area contributed by atoms with Crippen LogP contribution < -0.4 is 10.0 Å². The summed E-state index contributed by atoms with van der Waals surface area (Å²) in [6.45, 7) is 21.4. The molecule has 0 radical (unpaired) electrons. The minimum Gasteiger partial charge on any atom is -0.488 e. The Bertz CT molecular complexity index is 1300. The third-order valence-electron chi connectivity index (χ3n) is 8.16. The van der Waals surface area contributed by atoms with Gasteiger partial charge in [0.15, 0.2) is 0 Å². The predicted octanol–water partition coefficient (Wildman–Crippen LogP) is 10.4. The highest BCUT2D eigenvalue weighted by molar-refractivity contribution is 7.48. The molecule has 0 aliphatic heterocycles. The van der Waals surface area contributed by atoms with E-state index < -0.39 is 0 Å². The maximum atomic E-state index is 6.98. The van der Waals surface area contributed by atoms with Crippen LogP contribution in [0.1, 0.15) is 121 Å². The number of aryl methyl sites for hydroxylation is 1. The van der Waals surface area contributed by atoms with Gasteiger partial charge in [-0.15, -0.1) is 0 Å². The summed E-state index contributed by atoms with van der Waals surface area (Å²) in [4.78, 5) is 4.44. The number of hydrogen-bond donors (Lipinski definition) is 0. The third kappa shape index (κ3) is 8.54. The SMILES string of the molecule is CCCCCC(CC)(Pc1ccc(C)cc1/C=N/C)c1cc(C(C)(C)C)cc(C(C)(C)C)c1OCc1ccccc1. The molecule has 0 aliphatic rings. The summed E-state index contributed by atoms with van der Waals surface area (Å²) in [5.41, 5.74) is 7.79. The van der Waals surface area contributed by atoms with E-state index in [1.807, 2.05) is 13.3 Å². The van der Waals surface area contributed by atoms with E-state index >= 15 is 0 Å². The van der Waals surface area contributed by atoms with Gasteiger partial charge in [-0.25, -0.2) is 0 Å². The van der Waals surface area contributed by atoms with Crippen molar-refractivity contribution in [2.75, 3.05) is 7.05 Å². The maximum Gasteiger partial charge on any atom is 0.127 e. The molecule has 222 valence electrons. The van der Waals surface area contributed by atoms with Crippen molar-refractivity contribution >= 4 is 20.1 Å². The molecule has 2 unspecified atom stereocenters. The van der Waals surface area contributed by atoms with Crippen LogP contribution in [0.3, 0.4) is 0 Å². The average molecular weight is 572 g/mol. The Morgan fingerprint density at radius 3 is 2.10 bits per heavy atom. The molecule has 3 heteroatoms. The fourth-order valence-corrected chi connectivity index (χ4v) is 7.32. The van der Waals surface area contributed by atoms with Crippen molar-refractivity contribution in [1.29, 1.82) is 0 Å². The van der Waals surface area contributed by atoms with Crippen LogP contribution in [0.2, 0.25) is 0 Å². The molecule has 3 aromatic rings. The first kappa shape index (κ1) is 33.1. The Hall–Kier alpha value is -2.44. The van der Waals surface area contributed by atoms with Gasteiger partial charge in [0.25, 0.3) is 0 Å². The molecule has 0 fully saturated rings. The van der Waals surface area contributed by atoms with Crippen LogP contribution in [0.15, 0.2) is 65.7 Å². The number of nitrogens with zero attached hydrogens (tertiary/aromatic N) is 1. The Kier molecular flexibility index (Phi) is 11.4. The second kappa shape index (κ2) is 14.2. The fourth-order valence-electron chi connectivity index (χ4n) is 5.56. The van der Waals surface area contributed by atoms with E-state index in [-0.39, 0.29) is 16.0 Å². The van der Waals surface area contributed by atoms with Crippen LogP contribution in [0.4, 0.5) is 0 Å². The smallest absolute Gasteiger partial charge is 0.127 e. The summed E-state index contributed by atoms with van der Waals surface area (Å²) in [5, 5.41) is 1.36. The zero-order chi connectivity index (χ0) is 30.3. The van der Waals surface area contributed by atoms with E-state index in [1.54, 1.807) is 0 Å². The summed E-state index contributed by atoms with van der Waals surface area (Å²) in [6, 6.07) is 22.5. The second-order valence-corrected chi connectivity index (χ2v) is 15.4. The van der Waals surface area contributed by atoms with Crippen molar-refractivity contribution < 1.29 is 4.74 Å². The lowest BCUT2D eigenvalue weighted by Crippen LogP contribution is -2.28. The summed E-state index contributed by atoms with van der Waals surface area (Å²) in [5.74, 6) is 1.10. The summed E-state index contributed by atoms with van der Waals surface area (Å²) in [7, 11) is 2.49. The first-order chi connectivity index (χ1) is 19.3. The van der Waals surface area contributed by atoms with Gasteiger partial charge in [-0.1, -0.05) is 143 Å². The highest BCUT2D eigenvalue weighted by Gasteiger charge is 2.38. The molecule has 0 heterocycles. The van der Waals surface area contributed by atoms with Crippen LogP contribution in [-0.4, -0.2) is 13.3 Å². The number of aliphatic imine (C=N–C) groups is 1. The van der Waals surface area contributed by atoms with Crippen molar-refractivity contribution in [2.24, 2.45) is 4.99 Å². The number of rotatable bonds is 12. The molecule has 0 spiro atoms. The van der Waals surface area contributed by atoms with Gasteiger partial charge < -0.3 is 4.74 Å². The van der Waals surface area contributed by atoms with Crippen LogP contribution in [0.25, 0.3) is 0 Å². The molecule has 0 saturated carbocycles. The van der Waals surface area contributed by atoms with E-state index in [4.69, 9.17) is 4.74 Å². The highest BCUT2D eigenvalue weighted by atomic mass is 31.1. The topological polar surface area (TPSA) is 21.6 Å². The Morgan fingerprint density at radius 1 is 0.829 bits per heavy atom. The minimum absolute atomic E-state index is 0.0304. The highest BCUT2D eigenvalue weighted by Crippen LogP contribution is 2.54. The van der Waals surface area contributed by atoms with Crippen molar-refractivity contribution in [3.8, 4) is 5.75 Å². The first-order valence-corrected chi connectivity index (χ1v) is 16.5. The molecule has 0 aliphatic carbocycles. The molecule has 2 nitrogen and oxygen atoms in total. The van der Waals surface area contributed by atoms with Crippen LogP contribution in [0.5, 0.6) is 5.75 Å². The molecule has 0 N–H and O–H groups in total. The Labute approximate surface area is 253 Å². The summed E-state index contributed by atoms with van der Waals surface area (Å²) < 4.78 is 6.98. The Balaban J connectivity index is 2.34. The van der Waals surface area contributed by atoms with Gasteiger partial charge in [0.05, 0.1) is 0 Å². The number of hydrogen-bond acceptors (Lipinski definition) is 2. The van der Waals surface area contributed by atoms with E-state index in [2.05, 4.69) is 128 Å². The molecule has 0 saturated heterocycles. The zero-order valence-electron chi connectivity index (χ0n) is 27.4. The maximum absolute atomic E-state index is 6.98. The fraction of sp³-hybridized carbons (Fsp3) is 0.500. The van der Waals surface area contributed by atoms with Gasteiger partial charge >= 0.3 is 0 Å². The second-order valence-electron chi connectivity index (χ2n) is 13.7. The van der Waals surface area contributed by atoms with Crippen molar-refractivity contribution in [3.63, 3.8) is 0 Å². The quantitative estimate of drug-likeness (QED) is 0.120. The van der Waals surface area contributed by atoms with Crippen molar-refractivity contribution in [1.82, 2.24) is 0 Å². The van der Waals surface area contributed by atoms with Gasteiger partial charge in [-0.2, -0.15) is 0 Å². The van der Waals surface area contributed by atoms with E-state index in [0.29, 0.717) is 15.2 Å². The Morgan fingerprint density at radius 2 is 1.51 bits per heavy atom. The first-order valence-electron chi connectivity index (χ1n) is 15.5. The summed E-state index contributed by atoms with van der Waals surface area (Å²) in [6.07, 6.45) is 7.92. The molecular formula is C38H54NOP. The van der Waals surface area contributed by atoms with Crippen LogP contribution in [-0.2, 0) is 22.6 Å². The molecule has 0 amide bonds. The van der Waals surface area contributed by atoms with Gasteiger partial charge in [0.1, 0.15) is 12.4 Å². The molecule has 41 heavy (non-hydrogen) atoms. The van der Waals surface area contributed by atoms with Gasteiger partial charge in [0.2, 0.25) is 0 Å². The largest absolute Gasteiger partial charge is 0.488 e. The van der Waals surface area contributed by atoms with Crippen molar-refractivity contribution in [2.45, 2.75) is 117 Å². The lowest BCUT2D eigenvalue weighted by atomic mass is 9.76. The number of ether oxygens (including phenoxy) is 1. The molecule has 0 bridgehead atoms. The standard InChI is InChI=1S/C38H54NOP/c1-11-13-17-22-38(12-2,41-34-21-20-28(3)23-30(34)26-39-10)33-25-31(36(4,5)6)24-32(37(7,8)9)35(33)40-27-29-18-15-14-16-19-29/h14-16,18-21,23-26,41H,11-13,17,22,27H2,1-10H3/b39-26+. The van der Waals surface area contributed by atoms with Crippen LogP contribution >= 0.6 is 8.58 Å². The molecule has 3 aromatic carbocycles. The molecular weight excluding hydrogens is 517 g/mol. The average Bonchev–Trinajstić information content (AvgIpc) is 2.92.